The summed E-state index contributed by atoms with van der Waals surface area (Å²) in [6.07, 6.45) is -7.95. The second-order valence-corrected chi connectivity index (χ2v) is 22.1. The maximum atomic E-state index is 15.9. The molecule has 2 aliphatic rings. The summed E-state index contributed by atoms with van der Waals surface area (Å²) in [5.41, 5.74) is 20.9. The SMILES string of the molecule is CPO[C@H]1[C@@H](F)[C@H](n2cnc3c(N)ncnc32)O[C@@H]1COP(O)(=S)O[C@@H]1C(CO)O[C@@H](n2cnc3c(NC(=O)OCCNC(=O)OCc4ccc(NC(=O)[C@H](CCCNC(N)=O)NC(=O)[C@@H](NC(=O)CN=[N+]=[N-])C(C)C)cc4)ncnc32)[C@@H]1O. The van der Waals surface area contributed by atoms with Crippen LogP contribution in [0.25, 0.3) is 32.8 Å². The van der Waals surface area contributed by atoms with Crippen molar-refractivity contribution >= 4 is 103 Å². The number of alkyl halides is 1. The van der Waals surface area contributed by atoms with E-state index in [0.717, 1.165) is 6.33 Å². The van der Waals surface area contributed by atoms with Crippen LogP contribution in [0.4, 0.5) is 36.1 Å². The predicted molar refractivity (Wildman–Crippen MR) is 295 cm³/mol. The maximum absolute atomic E-state index is 15.9. The number of azide groups is 1. The van der Waals surface area contributed by atoms with E-state index in [2.05, 4.69) is 71.8 Å². The molecule has 0 bridgehead atoms. The van der Waals surface area contributed by atoms with Gasteiger partial charge >= 0.3 is 24.9 Å². The molecule has 7 amide bonds. The number of nitrogen functional groups attached to an aromatic ring is 1. The first-order valence-electron chi connectivity index (χ1n) is 25.4. The lowest BCUT2D eigenvalue weighted by atomic mass is 10.0. The summed E-state index contributed by atoms with van der Waals surface area (Å²) in [7, 11) is -0.168. The van der Waals surface area contributed by atoms with Gasteiger partial charge in [-0.25, -0.2) is 48.7 Å². The Morgan fingerprint density at radius 3 is 2.29 bits per heavy atom. The largest absolute Gasteiger partial charge is 0.447 e. The van der Waals surface area contributed by atoms with E-state index in [1.807, 2.05) is 0 Å². The number of ether oxygens (including phenoxy) is 4. The maximum Gasteiger partial charge on any atom is 0.412 e. The number of urea groups is 1. The third kappa shape index (κ3) is 16.6. The monoisotopic (exact) mass is 1240 g/mol. The summed E-state index contributed by atoms with van der Waals surface area (Å²) >= 11 is 5.29. The molecule has 2 aliphatic heterocycles. The van der Waals surface area contributed by atoms with Crippen molar-refractivity contribution in [3.8, 4) is 0 Å². The number of amides is 7. The molecule has 0 spiro atoms. The van der Waals surface area contributed by atoms with Crippen LogP contribution in [-0.4, -0.2) is 185 Å². The molecular weight excluding hydrogens is 1180 g/mol. The van der Waals surface area contributed by atoms with Crippen LogP contribution < -0.4 is 43.4 Å². The van der Waals surface area contributed by atoms with Gasteiger partial charge in [0, 0.05) is 26.0 Å². The van der Waals surface area contributed by atoms with Gasteiger partial charge in [-0.1, -0.05) is 31.1 Å². The lowest BCUT2D eigenvalue weighted by Crippen LogP contribution is -2.55. The lowest BCUT2D eigenvalue weighted by molar-refractivity contribution is -0.131. The van der Waals surface area contributed by atoms with Crippen LogP contribution in [0, 0.1) is 5.92 Å². The van der Waals surface area contributed by atoms with E-state index in [4.69, 9.17) is 61.3 Å². The second-order valence-electron chi connectivity index (χ2n) is 18.6. The standard InChI is InChI=1S/C45H60FN19O16P2S/c1-21(2)29(61-27(67)13-58-63-49)40(70)60-24(5-4-10-50-43(48)71)39(69)59-23-8-6-22(7-9-23)15-76-44(72)51-11-12-75-45(73)62-36-31-38(55-18-53-36)65(20-57-31)42-32(68)34(25(14-66)78-42)81-83(74,84)77-16-26-33(80-82-3)28(46)41(79-26)64-19-56-30-35(47)52-17-54-37(30)64/h6-9,17-21,24-26,28-29,32-34,41-42,66,68,82H,4-5,10-16H2,1-3H3,(H,51,72)(H,59,69)(H,60,70)(H,61,67)(H,74,84)(H2,47,52,54)(H3,48,50,71)(H,53,55,62,73)/t24-,25?,26+,28+,29-,32+,33+,34+,41+,42+,83?/m0/s1. The summed E-state index contributed by atoms with van der Waals surface area (Å²) in [5.74, 6) is -2.46. The number of hydrogen-bond acceptors (Lipinski definition) is 24. The summed E-state index contributed by atoms with van der Waals surface area (Å²) in [4.78, 5) is 114. The van der Waals surface area contributed by atoms with E-state index in [9.17, 15) is 43.9 Å². The lowest BCUT2D eigenvalue weighted by Gasteiger charge is -2.26. The Morgan fingerprint density at radius 2 is 1.60 bits per heavy atom. The van der Waals surface area contributed by atoms with E-state index < -0.39 is 130 Å². The minimum atomic E-state index is -4.32. The summed E-state index contributed by atoms with van der Waals surface area (Å²) in [6.45, 7) is -1.69. The van der Waals surface area contributed by atoms with E-state index in [-0.39, 0.29) is 81.9 Å². The number of nitrogens with zero attached hydrogens (tertiary/aromatic N) is 11. The number of primary amides is 1. The molecule has 0 aliphatic carbocycles. The van der Waals surface area contributed by atoms with Gasteiger partial charge in [-0.2, -0.15) is 0 Å². The molecule has 5 aromatic rings. The van der Waals surface area contributed by atoms with Crippen molar-refractivity contribution in [2.45, 2.75) is 94.5 Å². The van der Waals surface area contributed by atoms with Gasteiger partial charge in [0.25, 0.3) is 0 Å². The van der Waals surface area contributed by atoms with Crippen LogP contribution in [0.5, 0.6) is 0 Å². The number of carbonyl (C=O) groups is 6. The molecule has 1 aromatic carbocycles. The van der Waals surface area contributed by atoms with Crippen molar-refractivity contribution in [1.82, 2.24) is 60.3 Å². The van der Waals surface area contributed by atoms with Gasteiger partial charge in [-0.3, -0.25) is 33.4 Å². The molecule has 13 N–H and O–H groups in total. The highest BCUT2D eigenvalue weighted by Gasteiger charge is 2.51. The van der Waals surface area contributed by atoms with E-state index in [1.54, 1.807) is 32.6 Å². The molecular formula is C45H60FN19O16P2S. The Hall–Kier alpha value is -7.66. The Labute approximate surface area is 481 Å². The van der Waals surface area contributed by atoms with Gasteiger partial charge in [0.15, 0.2) is 47.1 Å². The fourth-order valence-electron chi connectivity index (χ4n) is 8.53. The average Bonchev–Trinajstić information content (AvgIpc) is 2.36. The number of imidazole rings is 2. The molecule has 2 fully saturated rings. The number of hydrogen-bond donors (Lipinski definition) is 11. The highest BCUT2D eigenvalue weighted by atomic mass is 32.5. The van der Waals surface area contributed by atoms with Gasteiger partial charge in [0.05, 0.1) is 32.4 Å². The normalized spacial score (nSPS) is 21.8. The highest BCUT2D eigenvalue weighted by Crippen LogP contribution is 2.50. The number of aliphatic hydroxyl groups excluding tert-OH is 2. The number of aromatic nitrogens is 8. The van der Waals surface area contributed by atoms with Crippen molar-refractivity contribution in [2.75, 3.05) is 62.5 Å². The van der Waals surface area contributed by atoms with Gasteiger partial charge in [0.2, 0.25) is 17.7 Å². The number of halogens is 1. The number of benzene rings is 1. The van der Waals surface area contributed by atoms with Crippen LogP contribution in [-0.2, 0) is 65.3 Å². The Bertz CT molecular complexity index is 3240. The quantitative estimate of drug-likeness (QED) is 0.0108. The van der Waals surface area contributed by atoms with Crippen LogP contribution >= 0.6 is 15.5 Å². The Balaban J connectivity index is 0.855. The van der Waals surface area contributed by atoms with Crippen LogP contribution in [0.1, 0.15) is 44.7 Å². The molecule has 6 heterocycles. The zero-order chi connectivity index (χ0) is 60.7. The third-order valence-corrected chi connectivity index (χ3v) is 14.6. The van der Waals surface area contributed by atoms with Gasteiger partial charge < -0.3 is 81.2 Å². The number of alkyl carbamates (subject to hydrolysis) is 1. The molecule has 454 valence electrons. The van der Waals surface area contributed by atoms with Crippen molar-refractivity contribution in [2.24, 2.45) is 16.8 Å². The third-order valence-electron chi connectivity index (χ3n) is 12.5. The number of rotatable bonds is 28. The fourth-order valence-corrected chi connectivity index (χ4v) is 10.5. The zero-order valence-corrected chi connectivity index (χ0v) is 47.5. The molecule has 84 heavy (non-hydrogen) atoms. The van der Waals surface area contributed by atoms with Crippen molar-refractivity contribution in [3.05, 3.63) is 65.6 Å². The van der Waals surface area contributed by atoms with E-state index >= 15 is 4.39 Å². The minimum Gasteiger partial charge on any atom is -0.447 e. The van der Waals surface area contributed by atoms with Crippen molar-refractivity contribution in [1.29, 1.82) is 0 Å². The average molecular weight is 1240 g/mol. The Kier molecular flexibility index (Phi) is 22.6. The number of carbonyl (C=O) groups excluding carboxylic acids is 6. The van der Waals surface area contributed by atoms with Gasteiger partial charge in [-0.15, -0.1) is 0 Å². The first kappa shape index (κ1) is 63.9. The molecule has 0 radical (unpaired) electrons. The van der Waals surface area contributed by atoms with E-state index in [0.29, 0.717) is 11.3 Å². The van der Waals surface area contributed by atoms with Gasteiger partial charge in [-0.05, 0) is 60.5 Å². The van der Waals surface area contributed by atoms with Gasteiger partial charge in [0.1, 0.15) is 80.5 Å². The zero-order valence-electron chi connectivity index (χ0n) is 44.8. The van der Waals surface area contributed by atoms with E-state index in [1.165, 1.54) is 40.2 Å². The number of nitrogens with one attached hydrogen (secondary N) is 6. The van der Waals surface area contributed by atoms with Crippen LogP contribution in [0.2, 0.25) is 0 Å². The van der Waals surface area contributed by atoms with Crippen molar-refractivity contribution in [3.63, 3.8) is 0 Å². The number of anilines is 3. The summed E-state index contributed by atoms with van der Waals surface area (Å²) in [5, 5.41) is 40.0. The molecule has 2 saturated heterocycles. The molecule has 7 rings (SSSR count). The molecule has 0 saturated carbocycles. The van der Waals surface area contributed by atoms with Crippen molar-refractivity contribution < 1.29 is 80.8 Å². The molecule has 4 aromatic heterocycles. The van der Waals surface area contributed by atoms with Crippen LogP contribution in [0.15, 0.2) is 54.7 Å². The highest BCUT2D eigenvalue weighted by molar-refractivity contribution is 8.07. The number of nitrogens with two attached hydrogens (primary N) is 2. The predicted octanol–water partition coefficient (Wildman–Crippen LogP) is 0.759. The molecule has 35 nitrogen and oxygen atoms in total. The first-order chi connectivity index (χ1) is 40.2. The second kappa shape index (κ2) is 29.7. The fraction of sp³-hybridized carbons (Fsp3) is 0.511. The Morgan fingerprint density at radius 1 is 0.905 bits per heavy atom. The number of fused-ring (bicyclic) bond motifs is 2. The summed E-state index contributed by atoms with van der Waals surface area (Å²) in [6, 6.07) is 3.21. The smallest absolute Gasteiger partial charge is 0.412 e. The topological polar surface area (TPSA) is 488 Å². The molecule has 12 atom stereocenters. The minimum absolute atomic E-state index is 0.0114. The molecule has 39 heteroatoms. The van der Waals surface area contributed by atoms with Crippen LogP contribution in [0.3, 0.4) is 0 Å². The summed E-state index contributed by atoms with van der Waals surface area (Å²) < 4.78 is 57.9. The first-order valence-corrected chi connectivity index (χ1v) is 29.4. The molecule has 3 unspecified atom stereocenters. The number of aliphatic hydroxyl groups is 2.